The van der Waals surface area contributed by atoms with Gasteiger partial charge in [-0.05, 0) is 41.1 Å². The van der Waals surface area contributed by atoms with Crippen molar-refractivity contribution in [1.29, 1.82) is 0 Å². The van der Waals surface area contributed by atoms with Crippen LogP contribution in [0.4, 0.5) is 5.82 Å². The molecule has 8 heteroatoms. The summed E-state index contributed by atoms with van der Waals surface area (Å²) < 4.78 is 23.2. The first kappa shape index (κ1) is 14.7. The predicted molar refractivity (Wildman–Crippen MR) is 80.1 cm³/mol. The van der Waals surface area contributed by atoms with Gasteiger partial charge in [0.2, 0.25) is 15.9 Å². The lowest BCUT2D eigenvalue weighted by molar-refractivity contribution is -0.117. The number of pyridine rings is 1. The summed E-state index contributed by atoms with van der Waals surface area (Å²) in [5.41, 5.74) is 1.04. The number of carbonyl (C=O) groups is 1. The Hall–Kier alpha value is -0.740. The third kappa shape index (κ3) is 3.63. The number of halogens is 1. The first-order chi connectivity index (χ1) is 8.76. The lowest BCUT2D eigenvalue weighted by atomic mass is 10.1. The molecule has 19 heavy (non-hydrogen) atoms. The minimum atomic E-state index is -3.55. The average Bonchev–Trinajstić information content (AvgIpc) is 2.61. The highest BCUT2D eigenvalue weighted by molar-refractivity contribution is 14.1. The molecule has 2 heterocycles. The van der Waals surface area contributed by atoms with Gasteiger partial charge in [0.25, 0.3) is 0 Å². The number of amides is 1. The second kappa shape index (κ2) is 5.33. The Labute approximate surface area is 125 Å². The van der Waals surface area contributed by atoms with E-state index in [1.807, 2.05) is 13.0 Å². The molecule has 1 aliphatic heterocycles. The number of sulfonamides is 1. The molecule has 1 saturated heterocycles. The molecule has 6 nitrogen and oxygen atoms in total. The van der Waals surface area contributed by atoms with E-state index in [2.05, 4.69) is 27.6 Å². The van der Waals surface area contributed by atoms with Gasteiger partial charge in [-0.3, -0.25) is 9.69 Å². The lowest BCUT2D eigenvalue weighted by Gasteiger charge is -2.16. The normalized spacial score (nSPS) is 20.1. The third-order valence-corrected chi connectivity index (χ3v) is 5.05. The Balaban J connectivity index is 2.18. The van der Waals surface area contributed by atoms with Crippen LogP contribution < -0.4 is 10.0 Å². The molecule has 0 radical (unpaired) electrons. The summed E-state index contributed by atoms with van der Waals surface area (Å²) in [6, 6.07) is 1.83. The van der Waals surface area contributed by atoms with Crippen LogP contribution >= 0.6 is 22.6 Å². The zero-order valence-electron chi connectivity index (χ0n) is 10.3. The zero-order chi connectivity index (χ0) is 14.2. The van der Waals surface area contributed by atoms with E-state index in [-0.39, 0.29) is 24.0 Å². The number of nitrogens with zero attached hydrogens (tertiary/aromatic N) is 2. The Kier molecular flexibility index (Phi) is 4.11. The van der Waals surface area contributed by atoms with E-state index in [1.165, 1.54) is 4.90 Å². The molecule has 0 aliphatic carbocycles. The van der Waals surface area contributed by atoms with Crippen molar-refractivity contribution >= 4 is 44.3 Å². The van der Waals surface area contributed by atoms with E-state index in [9.17, 15) is 13.2 Å². The summed E-state index contributed by atoms with van der Waals surface area (Å²) in [5.74, 6) is 0.0315. The van der Waals surface area contributed by atoms with Gasteiger partial charge in [0.1, 0.15) is 5.82 Å². The highest BCUT2D eigenvalue weighted by Gasteiger charge is 2.33. The number of anilines is 1. The lowest BCUT2D eigenvalue weighted by Crippen LogP contribution is -2.28. The Morgan fingerprint density at radius 1 is 1.58 bits per heavy atom. The third-order valence-electron chi connectivity index (χ3n) is 2.98. The van der Waals surface area contributed by atoms with Gasteiger partial charge in [-0.25, -0.2) is 18.5 Å². The van der Waals surface area contributed by atoms with Crippen molar-refractivity contribution in [3.05, 3.63) is 21.4 Å². The Morgan fingerprint density at radius 2 is 2.26 bits per heavy atom. The van der Waals surface area contributed by atoms with E-state index in [1.54, 1.807) is 6.20 Å². The largest absolute Gasteiger partial charge is 0.296 e. The van der Waals surface area contributed by atoms with Crippen LogP contribution in [-0.2, 0) is 14.8 Å². The highest BCUT2D eigenvalue weighted by Crippen LogP contribution is 2.25. The molecule has 2 N–H and O–H groups in total. The summed E-state index contributed by atoms with van der Waals surface area (Å²) in [6.07, 6.45) is 1.90. The van der Waals surface area contributed by atoms with Crippen LogP contribution in [0.25, 0.3) is 0 Å². The molecule has 104 valence electrons. The standard InChI is InChI=1S/C11H14IN3O3S/c1-7-2-10(14-4-9(7)12)15-5-8(3-11(15)16)6-19(13,17)18/h2,4,8H,3,5-6H2,1H3,(H2,13,17,18). The van der Waals surface area contributed by atoms with Crippen molar-refractivity contribution in [2.24, 2.45) is 11.1 Å². The summed E-state index contributed by atoms with van der Waals surface area (Å²) in [6.45, 7) is 2.29. The van der Waals surface area contributed by atoms with Crippen LogP contribution in [0.1, 0.15) is 12.0 Å². The minimum Gasteiger partial charge on any atom is -0.296 e. The molecule has 0 saturated carbocycles. The number of carbonyl (C=O) groups excluding carboxylic acids is 1. The van der Waals surface area contributed by atoms with Gasteiger partial charge in [-0.1, -0.05) is 0 Å². The molecular weight excluding hydrogens is 381 g/mol. The van der Waals surface area contributed by atoms with Gasteiger partial charge < -0.3 is 0 Å². The number of aryl methyl sites for hydroxylation is 1. The maximum atomic E-state index is 11.9. The van der Waals surface area contributed by atoms with Gasteiger partial charge >= 0.3 is 0 Å². The first-order valence-corrected chi connectivity index (χ1v) is 8.48. The first-order valence-electron chi connectivity index (χ1n) is 5.69. The average molecular weight is 395 g/mol. The molecule has 1 aliphatic rings. The molecule has 1 aromatic rings. The number of rotatable bonds is 3. The fourth-order valence-electron chi connectivity index (χ4n) is 2.12. The van der Waals surface area contributed by atoms with Crippen LogP contribution in [-0.4, -0.2) is 31.6 Å². The molecule has 0 spiro atoms. The Bertz CT molecular complexity index is 618. The van der Waals surface area contributed by atoms with Crippen molar-refractivity contribution < 1.29 is 13.2 Å². The molecule has 1 amide bonds. The topological polar surface area (TPSA) is 93.4 Å². The molecule has 1 atom stereocenters. The molecule has 2 rings (SSSR count). The van der Waals surface area contributed by atoms with Gasteiger partial charge in [0, 0.05) is 28.7 Å². The van der Waals surface area contributed by atoms with Gasteiger partial charge in [0.05, 0.1) is 5.75 Å². The SMILES string of the molecule is Cc1cc(N2CC(CS(N)(=O)=O)CC2=O)ncc1I. The van der Waals surface area contributed by atoms with Gasteiger partial charge in [-0.2, -0.15) is 0 Å². The maximum Gasteiger partial charge on any atom is 0.228 e. The number of nitrogens with two attached hydrogens (primary N) is 1. The second-order valence-electron chi connectivity index (χ2n) is 4.70. The van der Waals surface area contributed by atoms with E-state index in [0.29, 0.717) is 12.4 Å². The van der Waals surface area contributed by atoms with Crippen LogP contribution in [0.3, 0.4) is 0 Å². The van der Waals surface area contributed by atoms with Crippen molar-refractivity contribution in [3.8, 4) is 0 Å². The predicted octanol–water partition coefficient (Wildman–Crippen LogP) is 0.636. The minimum absolute atomic E-state index is 0.109. The summed E-state index contributed by atoms with van der Waals surface area (Å²) in [4.78, 5) is 17.7. The van der Waals surface area contributed by atoms with Crippen molar-refractivity contribution in [3.63, 3.8) is 0 Å². The van der Waals surface area contributed by atoms with Crippen LogP contribution in [0.5, 0.6) is 0 Å². The molecule has 1 fully saturated rings. The summed E-state index contributed by atoms with van der Waals surface area (Å²) in [7, 11) is -3.55. The quantitative estimate of drug-likeness (QED) is 0.761. The monoisotopic (exact) mass is 395 g/mol. The number of hydrogen-bond donors (Lipinski definition) is 1. The van der Waals surface area contributed by atoms with Crippen molar-refractivity contribution in [2.75, 3.05) is 17.2 Å². The molecule has 0 bridgehead atoms. The van der Waals surface area contributed by atoms with E-state index >= 15 is 0 Å². The van der Waals surface area contributed by atoms with Gasteiger partial charge in [-0.15, -0.1) is 0 Å². The van der Waals surface area contributed by atoms with Gasteiger partial charge in [0.15, 0.2) is 0 Å². The zero-order valence-corrected chi connectivity index (χ0v) is 13.3. The summed E-state index contributed by atoms with van der Waals surface area (Å²) in [5, 5.41) is 5.01. The maximum absolute atomic E-state index is 11.9. The number of primary sulfonamides is 1. The van der Waals surface area contributed by atoms with E-state index in [0.717, 1.165) is 9.13 Å². The fourth-order valence-corrected chi connectivity index (χ4v) is 3.29. The molecule has 1 unspecified atom stereocenters. The number of aromatic nitrogens is 1. The van der Waals surface area contributed by atoms with Crippen molar-refractivity contribution in [1.82, 2.24) is 4.98 Å². The molecule has 0 aromatic carbocycles. The van der Waals surface area contributed by atoms with Crippen LogP contribution in [0.2, 0.25) is 0 Å². The van der Waals surface area contributed by atoms with E-state index < -0.39 is 10.0 Å². The van der Waals surface area contributed by atoms with E-state index in [4.69, 9.17) is 5.14 Å². The number of hydrogen-bond acceptors (Lipinski definition) is 4. The smallest absolute Gasteiger partial charge is 0.228 e. The highest BCUT2D eigenvalue weighted by atomic mass is 127. The van der Waals surface area contributed by atoms with Crippen LogP contribution in [0.15, 0.2) is 12.3 Å². The summed E-state index contributed by atoms with van der Waals surface area (Å²) >= 11 is 2.17. The molecule has 1 aromatic heterocycles. The van der Waals surface area contributed by atoms with Crippen molar-refractivity contribution in [2.45, 2.75) is 13.3 Å². The van der Waals surface area contributed by atoms with Crippen LogP contribution in [0, 0.1) is 16.4 Å². The fraction of sp³-hybridized carbons (Fsp3) is 0.455. The Morgan fingerprint density at radius 3 is 2.84 bits per heavy atom. The second-order valence-corrected chi connectivity index (χ2v) is 7.52. The molecular formula is C11H14IN3O3S.